The highest BCUT2D eigenvalue weighted by Gasteiger charge is 2.15. The van der Waals surface area contributed by atoms with Gasteiger partial charge < -0.3 is 14.8 Å². The fourth-order valence-corrected chi connectivity index (χ4v) is 1.48. The topological polar surface area (TPSA) is 30.5 Å². The van der Waals surface area contributed by atoms with Gasteiger partial charge in [0, 0.05) is 0 Å². The van der Waals surface area contributed by atoms with Crippen molar-refractivity contribution in [1.82, 2.24) is 0 Å². The fourth-order valence-electron chi connectivity index (χ4n) is 1.48. The smallest absolute Gasteiger partial charge is 0.174 e. The summed E-state index contributed by atoms with van der Waals surface area (Å²) in [6.07, 6.45) is -0.259. The molecule has 2 rings (SSSR count). The van der Waals surface area contributed by atoms with Crippen molar-refractivity contribution in [3.8, 4) is 0 Å². The van der Waals surface area contributed by atoms with Gasteiger partial charge in [-0.2, -0.15) is 0 Å². The second-order valence-electron chi connectivity index (χ2n) is 3.54. The summed E-state index contributed by atoms with van der Waals surface area (Å²) >= 11 is 0. The first-order valence-electron chi connectivity index (χ1n) is 4.99. The Balaban J connectivity index is 1.92. The molecule has 0 bridgehead atoms. The molecule has 1 aliphatic heterocycles. The van der Waals surface area contributed by atoms with Gasteiger partial charge in [-0.05, 0) is 24.6 Å². The van der Waals surface area contributed by atoms with Gasteiger partial charge in [0.15, 0.2) is 6.29 Å². The van der Waals surface area contributed by atoms with Crippen LogP contribution in [0.4, 0.5) is 10.1 Å². The van der Waals surface area contributed by atoms with E-state index in [2.05, 4.69) is 5.32 Å². The van der Waals surface area contributed by atoms with Gasteiger partial charge in [0.1, 0.15) is 5.82 Å². The Morgan fingerprint density at radius 2 is 2.13 bits per heavy atom. The van der Waals surface area contributed by atoms with Gasteiger partial charge >= 0.3 is 0 Å². The van der Waals surface area contributed by atoms with Crippen LogP contribution in [0, 0.1) is 12.7 Å². The number of nitrogens with one attached hydrogen (secondary N) is 1. The van der Waals surface area contributed by atoms with Crippen LogP contribution in [-0.4, -0.2) is 26.0 Å². The number of ether oxygens (including phenoxy) is 2. The summed E-state index contributed by atoms with van der Waals surface area (Å²) in [5.41, 5.74) is 1.39. The number of benzene rings is 1. The predicted octanol–water partition coefficient (Wildman–Crippen LogP) is 1.92. The molecule has 0 saturated carbocycles. The van der Waals surface area contributed by atoms with E-state index in [1.165, 1.54) is 6.07 Å². The molecule has 1 saturated heterocycles. The van der Waals surface area contributed by atoms with Crippen molar-refractivity contribution in [2.45, 2.75) is 13.2 Å². The first-order valence-corrected chi connectivity index (χ1v) is 4.99. The van der Waals surface area contributed by atoms with Gasteiger partial charge in [-0.1, -0.05) is 6.07 Å². The second kappa shape index (κ2) is 4.59. The van der Waals surface area contributed by atoms with Crippen LogP contribution in [0.25, 0.3) is 0 Å². The molecule has 15 heavy (non-hydrogen) atoms. The summed E-state index contributed by atoms with van der Waals surface area (Å²) in [6, 6.07) is 5.08. The lowest BCUT2D eigenvalue weighted by molar-refractivity contribution is -0.0299. The molecule has 1 aromatic rings. The molecule has 0 unspecified atom stereocenters. The maximum atomic E-state index is 13.4. The number of aryl methyl sites for hydroxylation is 1. The molecule has 3 nitrogen and oxygen atoms in total. The third-order valence-corrected chi connectivity index (χ3v) is 2.27. The molecule has 1 aromatic carbocycles. The van der Waals surface area contributed by atoms with E-state index in [9.17, 15) is 4.39 Å². The Bertz CT molecular complexity index is 337. The summed E-state index contributed by atoms with van der Waals surface area (Å²) in [6.45, 7) is 3.56. The van der Waals surface area contributed by atoms with Crippen LogP contribution in [0.1, 0.15) is 5.56 Å². The third kappa shape index (κ3) is 2.67. The minimum absolute atomic E-state index is 0.243. The van der Waals surface area contributed by atoms with E-state index in [-0.39, 0.29) is 12.1 Å². The molecule has 0 aromatic heterocycles. The van der Waals surface area contributed by atoms with Crippen molar-refractivity contribution in [3.05, 3.63) is 29.6 Å². The summed E-state index contributed by atoms with van der Waals surface area (Å²) in [5, 5.41) is 2.96. The highest BCUT2D eigenvalue weighted by Crippen LogP contribution is 2.15. The van der Waals surface area contributed by atoms with Crippen molar-refractivity contribution in [3.63, 3.8) is 0 Å². The first-order chi connectivity index (χ1) is 7.25. The molecule has 82 valence electrons. The van der Waals surface area contributed by atoms with Crippen LogP contribution in [0.15, 0.2) is 18.2 Å². The molecule has 0 spiro atoms. The zero-order chi connectivity index (χ0) is 10.7. The summed E-state index contributed by atoms with van der Waals surface area (Å²) in [4.78, 5) is 0. The molecule has 4 heteroatoms. The molecular weight excluding hydrogens is 197 g/mol. The van der Waals surface area contributed by atoms with Crippen molar-refractivity contribution in [1.29, 1.82) is 0 Å². The lowest BCUT2D eigenvalue weighted by Crippen LogP contribution is -2.20. The lowest BCUT2D eigenvalue weighted by atomic mass is 10.2. The maximum absolute atomic E-state index is 13.4. The van der Waals surface area contributed by atoms with E-state index in [1.807, 2.05) is 13.0 Å². The Morgan fingerprint density at radius 3 is 2.80 bits per heavy atom. The van der Waals surface area contributed by atoms with Crippen LogP contribution in [-0.2, 0) is 9.47 Å². The Labute approximate surface area is 88.2 Å². The molecular formula is C11H14FNO2. The minimum atomic E-state index is -0.259. The lowest BCUT2D eigenvalue weighted by Gasteiger charge is -2.12. The maximum Gasteiger partial charge on any atom is 0.174 e. The van der Waals surface area contributed by atoms with Gasteiger partial charge in [0.25, 0.3) is 0 Å². The average molecular weight is 211 g/mol. The molecule has 1 aliphatic rings. The van der Waals surface area contributed by atoms with E-state index in [0.717, 1.165) is 5.56 Å². The zero-order valence-corrected chi connectivity index (χ0v) is 8.63. The number of anilines is 1. The zero-order valence-electron chi connectivity index (χ0n) is 8.63. The minimum Gasteiger partial charge on any atom is -0.378 e. The van der Waals surface area contributed by atoms with Crippen molar-refractivity contribution < 1.29 is 13.9 Å². The van der Waals surface area contributed by atoms with E-state index in [0.29, 0.717) is 25.4 Å². The Kier molecular flexibility index (Phi) is 3.18. The first kappa shape index (κ1) is 10.4. The quantitative estimate of drug-likeness (QED) is 0.828. The fraction of sp³-hybridized carbons (Fsp3) is 0.455. The van der Waals surface area contributed by atoms with Crippen LogP contribution in [0.3, 0.4) is 0 Å². The molecule has 0 amide bonds. The Morgan fingerprint density at radius 1 is 1.40 bits per heavy atom. The molecule has 0 radical (unpaired) electrons. The second-order valence-corrected chi connectivity index (χ2v) is 3.54. The molecule has 1 N–H and O–H groups in total. The molecule has 0 atom stereocenters. The van der Waals surface area contributed by atoms with Gasteiger partial charge in [-0.25, -0.2) is 4.39 Å². The van der Waals surface area contributed by atoms with Crippen LogP contribution >= 0.6 is 0 Å². The normalized spacial score (nSPS) is 16.9. The number of rotatable bonds is 3. The molecule has 1 fully saturated rings. The van der Waals surface area contributed by atoms with E-state index in [1.54, 1.807) is 6.07 Å². The number of hydrogen-bond donors (Lipinski definition) is 1. The molecule has 1 heterocycles. The predicted molar refractivity (Wildman–Crippen MR) is 55.3 cm³/mol. The highest BCUT2D eigenvalue weighted by atomic mass is 19.1. The third-order valence-electron chi connectivity index (χ3n) is 2.27. The van der Waals surface area contributed by atoms with Crippen LogP contribution in [0.5, 0.6) is 0 Å². The standard InChI is InChI=1S/C11H14FNO2/c1-8-2-3-10(9(12)6-8)13-7-11-14-4-5-15-11/h2-3,6,11,13H,4-5,7H2,1H3. The summed E-state index contributed by atoms with van der Waals surface area (Å²) in [5.74, 6) is -0.243. The van der Waals surface area contributed by atoms with E-state index >= 15 is 0 Å². The van der Waals surface area contributed by atoms with Gasteiger partial charge in [0.2, 0.25) is 0 Å². The van der Waals surface area contributed by atoms with Crippen molar-refractivity contribution >= 4 is 5.69 Å². The summed E-state index contributed by atoms with van der Waals surface area (Å²) < 4.78 is 23.8. The molecule has 0 aliphatic carbocycles. The average Bonchev–Trinajstić information content (AvgIpc) is 2.69. The number of hydrogen-bond acceptors (Lipinski definition) is 3. The Hall–Kier alpha value is -1.13. The van der Waals surface area contributed by atoms with E-state index in [4.69, 9.17) is 9.47 Å². The van der Waals surface area contributed by atoms with Crippen molar-refractivity contribution in [2.75, 3.05) is 25.1 Å². The number of halogens is 1. The van der Waals surface area contributed by atoms with Crippen LogP contribution < -0.4 is 5.32 Å². The van der Waals surface area contributed by atoms with Gasteiger partial charge in [-0.15, -0.1) is 0 Å². The van der Waals surface area contributed by atoms with Crippen LogP contribution in [0.2, 0.25) is 0 Å². The monoisotopic (exact) mass is 211 g/mol. The largest absolute Gasteiger partial charge is 0.378 e. The van der Waals surface area contributed by atoms with Gasteiger partial charge in [0.05, 0.1) is 25.4 Å². The van der Waals surface area contributed by atoms with Gasteiger partial charge in [-0.3, -0.25) is 0 Å². The highest BCUT2D eigenvalue weighted by molar-refractivity contribution is 5.46. The van der Waals surface area contributed by atoms with Crippen molar-refractivity contribution in [2.24, 2.45) is 0 Å². The van der Waals surface area contributed by atoms with E-state index < -0.39 is 0 Å². The summed E-state index contributed by atoms with van der Waals surface area (Å²) in [7, 11) is 0. The SMILES string of the molecule is Cc1ccc(NCC2OCCO2)c(F)c1.